The standard InChI is InChI=1S/C27H26F3N5O/c28-20-5-3-4-18(14-20)24-31-16-21-15-19(10-13-34(21)24)26(36)33-11-8-17(9-12-33)25-32-22-6-1-2-7-23(22)35(25)27(29)30/h1-7,14,16-17,19,27H,8-13,15H2. The van der Waals surface area contributed by atoms with Crippen molar-refractivity contribution < 1.29 is 18.0 Å². The maximum absolute atomic E-state index is 13.9. The smallest absolute Gasteiger partial charge is 0.320 e. The summed E-state index contributed by atoms with van der Waals surface area (Å²) < 4.78 is 44.5. The first-order chi connectivity index (χ1) is 17.5. The van der Waals surface area contributed by atoms with Crippen LogP contribution in [0.5, 0.6) is 0 Å². The molecule has 2 aromatic carbocycles. The summed E-state index contributed by atoms with van der Waals surface area (Å²) in [6.07, 6.45) is 4.26. The Bertz CT molecular complexity index is 1420. The van der Waals surface area contributed by atoms with Crippen LogP contribution in [-0.4, -0.2) is 43.0 Å². The topological polar surface area (TPSA) is 56.0 Å². The van der Waals surface area contributed by atoms with Gasteiger partial charge in [0.15, 0.2) is 0 Å². The predicted octanol–water partition coefficient (Wildman–Crippen LogP) is 5.40. The monoisotopic (exact) mass is 493 g/mol. The summed E-state index contributed by atoms with van der Waals surface area (Å²) in [5.41, 5.74) is 2.71. The minimum atomic E-state index is -2.66. The zero-order chi connectivity index (χ0) is 24.8. The van der Waals surface area contributed by atoms with E-state index < -0.39 is 6.55 Å². The minimum Gasteiger partial charge on any atom is -0.342 e. The van der Waals surface area contributed by atoms with Crippen molar-refractivity contribution in [1.29, 1.82) is 0 Å². The van der Waals surface area contributed by atoms with E-state index in [1.165, 1.54) is 12.1 Å². The van der Waals surface area contributed by atoms with Crippen molar-refractivity contribution in [3.63, 3.8) is 0 Å². The molecule has 186 valence electrons. The Hall–Kier alpha value is -3.62. The van der Waals surface area contributed by atoms with Crippen LogP contribution in [0.1, 0.15) is 43.2 Å². The molecule has 2 aliphatic rings. The van der Waals surface area contributed by atoms with Gasteiger partial charge in [0.2, 0.25) is 5.91 Å². The molecular weight excluding hydrogens is 467 g/mol. The van der Waals surface area contributed by atoms with Crippen molar-refractivity contribution in [2.45, 2.75) is 44.7 Å². The molecule has 36 heavy (non-hydrogen) atoms. The molecule has 1 atom stereocenters. The summed E-state index contributed by atoms with van der Waals surface area (Å²) in [5, 5.41) is 0. The van der Waals surface area contributed by atoms with Gasteiger partial charge in [0.25, 0.3) is 0 Å². The molecule has 1 saturated heterocycles. The molecule has 1 fully saturated rings. The fraction of sp³-hybridized carbons (Fsp3) is 0.370. The summed E-state index contributed by atoms with van der Waals surface area (Å²) in [6.45, 7) is -0.955. The molecule has 2 aliphatic heterocycles. The van der Waals surface area contributed by atoms with E-state index in [1.807, 2.05) is 11.0 Å². The molecule has 0 saturated carbocycles. The van der Waals surface area contributed by atoms with E-state index >= 15 is 0 Å². The second-order valence-corrected chi connectivity index (χ2v) is 9.63. The third kappa shape index (κ3) is 3.96. The number of fused-ring (bicyclic) bond motifs is 2. The molecule has 0 radical (unpaired) electrons. The number of benzene rings is 2. The van der Waals surface area contributed by atoms with E-state index in [0.29, 0.717) is 62.2 Å². The number of piperidine rings is 1. The van der Waals surface area contributed by atoms with Crippen LogP contribution >= 0.6 is 0 Å². The number of amides is 1. The van der Waals surface area contributed by atoms with Crippen molar-refractivity contribution in [3.05, 3.63) is 72.1 Å². The summed E-state index contributed by atoms with van der Waals surface area (Å²) in [5.74, 6) is 0.675. The Labute approximate surface area is 206 Å². The average molecular weight is 494 g/mol. The Morgan fingerprint density at radius 1 is 1.00 bits per heavy atom. The highest BCUT2D eigenvalue weighted by molar-refractivity contribution is 5.79. The molecule has 1 unspecified atom stereocenters. The fourth-order valence-electron chi connectivity index (χ4n) is 5.70. The molecule has 6 rings (SSSR count). The summed E-state index contributed by atoms with van der Waals surface area (Å²) >= 11 is 0. The van der Waals surface area contributed by atoms with Crippen LogP contribution in [0.2, 0.25) is 0 Å². The summed E-state index contributed by atoms with van der Waals surface area (Å²) in [4.78, 5) is 24.2. The van der Waals surface area contributed by atoms with Gasteiger partial charge in [-0.25, -0.2) is 14.4 Å². The van der Waals surface area contributed by atoms with Gasteiger partial charge in [-0.15, -0.1) is 0 Å². The lowest BCUT2D eigenvalue weighted by atomic mass is 9.91. The summed E-state index contributed by atoms with van der Waals surface area (Å²) in [6, 6.07) is 13.3. The normalized spacial score (nSPS) is 18.7. The highest BCUT2D eigenvalue weighted by atomic mass is 19.3. The van der Waals surface area contributed by atoms with E-state index in [2.05, 4.69) is 14.5 Å². The van der Waals surface area contributed by atoms with Crippen LogP contribution in [0, 0.1) is 11.7 Å². The lowest BCUT2D eigenvalue weighted by Gasteiger charge is -2.35. The Balaban J connectivity index is 1.14. The number of para-hydroxylation sites is 2. The second-order valence-electron chi connectivity index (χ2n) is 9.63. The van der Waals surface area contributed by atoms with Crippen LogP contribution in [0.25, 0.3) is 22.4 Å². The zero-order valence-electron chi connectivity index (χ0n) is 19.7. The number of alkyl halides is 2. The van der Waals surface area contributed by atoms with Crippen molar-refractivity contribution in [1.82, 2.24) is 24.0 Å². The van der Waals surface area contributed by atoms with Gasteiger partial charge >= 0.3 is 6.55 Å². The van der Waals surface area contributed by atoms with Gasteiger partial charge in [-0.2, -0.15) is 8.78 Å². The third-order valence-electron chi connectivity index (χ3n) is 7.52. The number of likely N-dealkylation sites (tertiary alicyclic amines) is 1. The van der Waals surface area contributed by atoms with Crippen LogP contribution in [0.4, 0.5) is 13.2 Å². The Morgan fingerprint density at radius 2 is 1.81 bits per heavy atom. The quantitative estimate of drug-likeness (QED) is 0.382. The number of hydrogen-bond donors (Lipinski definition) is 0. The number of aromatic nitrogens is 4. The van der Waals surface area contributed by atoms with Crippen LogP contribution in [0.15, 0.2) is 54.7 Å². The Kier molecular flexibility index (Phi) is 5.78. The predicted molar refractivity (Wildman–Crippen MR) is 129 cm³/mol. The first kappa shape index (κ1) is 22.8. The molecule has 4 heterocycles. The molecule has 0 N–H and O–H groups in total. The fourth-order valence-corrected chi connectivity index (χ4v) is 5.70. The maximum Gasteiger partial charge on any atom is 0.320 e. The molecule has 9 heteroatoms. The van der Waals surface area contributed by atoms with Crippen LogP contribution < -0.4 is 0 Å². The van der Waals surface area contributed by atoms with Crippen molar-refractivity contribution in [2.24, 2.45) is 5.92 Å². The van der Waals surface area contributed by atoms with Crippen molar-refractivity contribution in [2.75, 3.05) is 13.1 Å². The van der Waals surface area contributed by atoms with Crippen molar-refractivity contribution >= 4 is 16.9 Å². The third-order valence-corrected chi connectivity index (χ3v) is 7.52. The molecule has 1 amide bonds. The van der Waals surface area contributed by atoms with Gasteiger partial charge in [-0.1, -0.05) is 24.3 Å². The van der Waals surface area contributed by atoms with E-state index in [4.69, 9.17) is 0 Å². The molecule has 0 aliphatic carbocycles. The SMILES string of the molecule is O=C(C1CCn2c(cnc2-c2cccc(F)c2)C1)N1CCC(c2nc3ccccc3n2C(F)F)CC1. The molecule has 0 bridgehead atoms. The van der Waals surface area contributed by atoms with Gasteiger partial charge < -0.3 is 9.47 Å². The number of halogens is 3. The van der Waals surface area contributed by atoms with E-state index in [-0.39, 0.29) is 23.6 Å². The number of carbonyl (C=O) groups is 1. The van der Waals surface area contributed by atoms with Gasteiger partial charge in [0.05, 0.1) is 11.0 Å². The molecular formula is C27H26F3N5O. The molecule has 6 nitrogen and oxygen atoms in total. The average Bonchev–Trinajstić information content (AvgIpc) is 3.50. The van der Waals surface area contributed by atoms with Gasteiger partial charge in [-0.05, 0) is 43.5 Å². The minimum absolute atomic E-state index is 0.107. The molecule has 0 spiro atoms. The maximum atomic E-state index is 13.9. The van der Waals surface area contributed by atoms with Crippen molar-refractivity contribution in [3.8, 4) is 11.4 Å². The summed E-state index contributed by atoms with van der Waals surface area (Å²) in [7, 11) is 0. The largest absolute Gasteiger partial charge is 0.342 e. The second kappa shape index (κ2) is 9.11. The first-order valence-corrected chi connectivity index (χ1v) is 12.3. The van der Waals surface area contributed by atoms with Gasteiger partial charge in [0.1, 0.15) is 17.5 Å². The first-order valence-electron chi connectivity index (χ1n) is 12.3. The Morgan fingerprint density at radius 3 is 2.58 bits per heavy atom. The lowest BCUT2D eigenvalue weighted by molar-refractivity contribution is -0.137. The van der Waals surface area contributed by atoms with E-state index in [9.17, 15) is 18.0 Å². The number of hydrogen-bond acceptors (Lipinski definition) is 3. The van der Waals surface area contributed by atoms with E-state index in [0.717, 1.165) is 21.6 Å². The number of carbonyl (C=O) groups excluding carboxylic acids is 1. The van der Waals surface area contributed by atoms with Crippen LogP contribution in [-0.2, 0) is 17.8 Å². The number of rotatable bonds is 4. The number of nitrogens with zero attached hydrogens (tertiary/aromatic N) is 5. The highest BCUT2D eigenvalue weighted by Gasteiger charge is 2.34. The lowest BCUT2D eigenvalue weighted by Crippen LogP contribution is -2.43. The molecule has 4 aromatic rings. The molecule has 2 aromatic heterocycles. The van der Waals surface area contributed by atoms with Gasteiger partial charge in [-0.3, -0.25) is 9.36 Å². The number of imidazole rings is 2. The van der Waals surface area contributed by atoms with E-state index in [1.54, 1.807) is 36.5 Å². The highest BCUT2D eigenvalue weighted by Crippen LogP contribution is 2.35. The zero-order valence-corrected chi connectivity index (χ0v) is 19.7. The van der Waals surface area contributed by atoms with Gasteiger partial charge in [0, 0.05) is 55.3 Å². The van der Waals surface area contributed by atoms with Crippen LogP contribution in [0.3, 0.4) is 0 Å².